The summed E-state index contributed by atoms with van der Waals surface area (Å²) in [4.78, 5) is 25.3. The number of hydrogen-bond donors (Lipinski definition) is 2. The Balaban J connectivity index is 2.17. The van der Waals surface area contributed by atoms with Crippen LogP contribution in [0.25, 0.3) is 0 Å². The van der Waals surface area contributed by atoms with Crippen LogP contribution >= 0.6 is 0 Å². The molecule has 22 heavy (non-hydrogen) atoms. The van der Waals surface area contributed by atoms with Gasteiger partial charge in [-0.25, -0.2) is 4.79 Å². The van der Waals surface area contributed by atoms with E-state index in [0.717, 1.165) is 5.56 Å². The maximum absolute atomic E-state index is 11.9. The van der Waals surface area contributed by atoms with E-state index in [-0.39, 0.29) is 18.9 Å². The first-order valence-electron chi connectivity index (χ1n) is 7.25. The van der Waals surface area contributed by atoms with Crippen molar-refractivity contribution in [1.29, 1.82) is 0 Å². The standard InChI is InChI=1S/C16H22N2O4/c1-10-5-6-11(17-15(21)22-16(2,3)4)7-13(10)18-9-12(19)8-14(18)20/h5-7,12,19H,8-9H2,1-4H3,(H,17,21). The second-order valence-corrected chi connectivity index (χ2v) is 6.49. The van der Waals surface area contributed by atoms with E-state index < -0.39 is 17.8 Å². The maximum Gasteiger partial charge on any atom is 0.412 e. The Kier molecular flexibility index (Phi) is 4.42. The molecule has 1 atom stereocenters. The van der Waals surface area contributed by atoms with Crippen molar-refractivity contribution in [2.45, 2.75) is 45.8 Å². The van der Waals surface area contributed by atoms with Gasteiger partial charge in [0.15, 0.2) is 0 Å². The summed E-state index contributed by atoms with van der Waals surface area (Å²) in [7, 11) is 0. The van der Waals surface area contributed by atoms with Crippen LogP contribution in [0.15, 0.2) is 18.2 Å². The molecule has 1 aromatic carbocycles. The van der Waals surface area contributed by atoms with E-state index in [1.165, 1.54) is 0 Å². The van der Waals surface area contributed by atoms with Crippen LogP contribution in [-0.4, -0.2) is 35.4 Å². The van der Waals surface area contributed by atoms with Gasteiger partial charge in [-0.05, 0) is 45.4 Å². The third-order valence-corrected chi connectivity index (χ3v) is 3.25. The van der Waals surface area contributed by atoms with Gasteiger partial charge in [0.25, 0.3) is 0 Å². The number of carbonyl (C=O) groups excluding carboxylic acids is 2. The summed E-state index contributed by atoms with van der Waals surface area (Å²) in [5.41, 5.74) is 1.56. The van der Waals surface area contributed by atoms with E-state index in [0.29, 0.717) is 11.4 Å². The molecule has 0 saturated carbocycles. The third kappa shape index (κ3) is 3.98. The quantitative estimate of drug-likeness (QED) is 0.879. The SMILES string of the molecule is Cc1ccc(NC(=O)OC(C)(C)C)cc1N1CC(O)CC1=O. The number of rotatable bonds is 2. The minimum absolute atomic E-state index is 0.120. The van der Waals surface area contributed by atoms with Crippen LogP contribution in [0.1, 0.15) is 32.8 Å². The first-order valence-corrected chi connectivity index (χ1v) is 7.25. The van der Waals surface area contributed by atoms with Crippen LogP contribution < -0.4 is 10.2 Å². The normalized spacial score (nSPS) is 18.5. The lowest BCUT2D eigenvalue weighted by atomic mass is 10.1. The molecule has 2 rings (SSSR count). The number of ether oxygens (including phenoxy) is 1. The number of nitrogens with one attached hydrogen (secondary N) is 1. The number of benzene rings is 1. The zero-order valence-corrected chi connectivity index (χ0v) is 13.3. The number of aliphatic hydroxyl groups is 1. The molecule has 0 radical (unpaired) electrons. The van der Waals surface area contributed by atoms with Gasteiger partial charge in [0.1, 0.15) is 5.60 Å². The van der Waals surface area contributed by atoms with Gasteiger partial charge < -0.3 is 14.7 Å². The second-order valence-electron chi connectivity index (χ2n) is 6.49. The number of carbonyl (C=O) groups is 2. The molecule has 1 heterocycles. The van der Waals surface area contributed by atoms with Crippen molar-refractivity contribution in [3.63, 3.8) is 0 Å². The Morgan fingerprint density at radius 2 is 2.09 bits per heavy atom. The molecular formula is C16H22N2O4. The molecule has 120 valence electrons. The largest absolute Gasteiger partial charge is 0.444 e. The van der Waals surface area contributed by atoms with Crippen LogP contribution in [0, 0.1) is 6.92 Å². The van der Waals surface area contributed by atoms with Crippen molar-refractivity contribution in [2.75, 3.05) is 16.8 Å². The summed E-state index contributed by atoms with van der Waals surface area (Å²) < 4.78 is 5.20. The molecule has 1 fully saturated rings. The predicted molar refractivity (Wildman–Crippen MR) is 84.0 cm³/mol. The van der Waals surface area contributed by atoms with E-state index in [1.807, 2.05) is 13.0 Å². The van der Waals surface area contributed by atoms with Gasteiger partial charge in [0, 0.05) is 11.4 Å². The highest BCUT2D eigenvalue weighted by Gasteiger charge is 2.30. The molecular weight excluding hydrogens is 284 g/mol. The van der Waals surface area contributed by atoms with Gasteiger partial charge >= 0.3 is 6.09 Å². The monoisotopic (exact) mass is 306 g/mol. The Labute approximate surface area is 130 Å². The topological polar surface area (TPSA) is 78.9 Å². The average molecular weight is 306 g/mol. The second kappa shape index (κ2) is 5.96. The lowest BCUT2D eigenvalue weighted by Gasteiger charge is -2.21. The molecule has 2 amide bonds. The molecule has 0 spiro atoms. The highest BCUT2D eigenvalue weighted by Crippen LogP contribution is 2.28. The van der Waals surface area contributed by atoms with Crippen LogP contribution in [0.2, 0.25) is 0 Å². The molecule has 6 heteroatoms. The number of anilines is 2. The zero-order valence-electron chi connectivity index (χ0n) is 13.3. The molecule has 1 unspecified atom stereocenters. The summed E-state index contributed by atoms with van der Waals surface area (Å²) in [6, 6.07) is 5.29. The maximum atomic E-state index is 11.9. The summed E-state index contributed by atoms with van der Waals surface area (Å²) in [5.74, 6) is -0.120. The number of amides is 2. The average Bonchev–Trinajstić information content (AvgIpc) is 2.68. The van der Waals surface area contributed by atoms with Gasteiger partial charge in [0.2, 0.25) is 5.91 Å². The van der Waals surface area contributed by atoms with Gasteiger partial charge in [-0.1, -0.05) is 6.07 Å². The summed E-state index contributed by atoms with van der Waals surface area (Å²) in [6.45, 7) is 7.52. The van der Waals surface area contributed by atoms with E-state index >= 15 is 0 Å². The minimum atomic E-state index is -0.644. The fourth-order valence-corrected chi connectivity index (χ4v) is 2.32. The van der Waals surface area contributed by atoms with Crippen molar-refractivity contribution < 1.29 is 19.4 Å². The first-order chi connectivity index (χ1) is 10.2. The fourth-order valence-electron chi connectivity index (χ4n) is 2.32. The molecule has 2 N–H and O–H groups in total. The Bertz CT molecular complexity index is 592. The number of hydrogen-bond acceptors (Lipinski definition) is 4. The number of nitrogens with zero attached hydrogens (tertiary/aromatic N) is 1. The third-order valence-electron chi connectivity index (χ3n) is 3.25. The van der Waals surface area contributed by atoms with Gasteiger partial charge in [-0.15, -0.1) is 0 Å². The fraction of sp³-hybridized carbons (Fsp3) is 0.500. The van der Waals surface area contributed by atoms with Crippen LogP contribution in [0.3, 0.4) is 0 Å². The van der Waals surface area contributed by atoms with Crippen molar-refractivity contribution in [1.82, 2.24) is 0 Å². The zero-order chi connectivity index (χ0) is 16.5. The Morgan fingerprint density at radius 3 is 2.64 bits per heavy atom. The summed E-state index contributed by atoms with van der Waals surface area (Å²) >= 11 is 0. The molecule has 1 aromatic rings. The van der Waals surface area contributed by atoms with Gasteiger partial charge in [0.05, 0.1) is 19.1 Å². The molecule has 0 aliphatic carbocycles. The summed E-state index contributed by atoms with van der Waals surface area (Å²) in [5, 5.41) is 12.3. The van der Waals surface area contributed by atoms with E-state index in [9.17, 15) is 14.7 Å². The van der Waals surface area contributed by atoms with Crippen molar-refractivity contribution >= 4 is 23.4 Å². The molecule has 1 aliphatic rings. The smallest absolute Gasteiger partial charge is 0.412 e. The first kappa shape index (κ1) is 16.3. The van der Waals surface area contributed by atoms with E-state index in [1.54, 1.807) is 37.8 Å². The van der Waals surface area contributed by atoms with Crippen LogP contribution in [0.4, 0.5) is 16.2 Å². The van der Waals surface area contributed by atoms with Gasteiger partial charge in [-0.2, -0.15) is 0 Å². The predicted octanol–water partition coefficient (Wildman–Crippen LogP) is 2.44. The van der Waals surface area contributed by atoms with Crippen molar-refractivity contribution in [3.05, 3.63) is 23.8 Å². The lowest BCUT2D eigenvalue weighted by molar-refractivity contribution is -0.117. The van der Waals surface area contributed by atoms with E-state index in [2.05, 4.69) is 5.32 Å². The lowest BCUT2D eigenvalue weighted by Crippen LogP contribution is -2.28. The molecule has 0 aromatic heterocycles. The molecule has 1 saturated heterocycles. The number of aliphatic hydroxyl groups excluding tert-OH is 1. The molecule has 0 bridgehead atoms. The summed E-state index contributed by atoms with van der Waals surface area (Å²) in [6.07, 6.45) is -1.06. The number of aryl methyl sites for hydroxylation is 1. The van der Waals surface area contributed by atoms with E-state index in [4.69, 9.17) is 4.74 Å². The highest BCUT2D eigenvalue weighted by atomic mass is 16.6. The Morgan fingerprint density at radius 1 is 1.41 bits per heavy atom. The highest BCUT2D eigenvalue weighted by molar-refractivity contribution is 5.97. The van der Waals surface area contributed by atoms with Crippen LogP contribution in [0.5, 0.6) is 0 Å². The Hall–Kier alpha value is -2.08. The van der Waals surface area contributed by atoms with Gasteiger partial charge in [-0.3, -0.25) is 10.1 Å². The molecule has 1 aliphatic heterocycles. The van der Waals surface area contributed by atoms with Crippen LogP contribution in [-0.2, 0) is 9.53 Å². The minimum Gasteiger partial charge on any atom is -0.444 e. The number of β-amino-alcohol motifs (C(OH)–C–C–N with tert-alkyl or cyclic N) is 1. The molecule has 6 nitrogen and oxygen atoms in total. The van der Waals surface area contributed by atoms with Crippen molar-refractivity contribution in [3.8, 4) is 0 Å². The van der Waals surface area contributed by atoms with Crippen molar-refractivity contribution in [2.24, 2.45) is 0 Å².